The van der Waals surface area contributed by atoms with Gasteiger partial charge in [-0.15, -0.1) is 23.2 Å². The zero-order valence-electron chi connectivity index (χ0n) is 13.9. The van der Waals surface area contributed by atoms with Crippen molar-refractivity contribution in [1.82, 2.24) is 5.06 Å². The van der Waals surface area contributed by atoms with Gasteiger partial charge in [-0.2, -0.15) is 5.06 Å². The number of hydrogen-bond acceptors (Lipinski definition) is 4. The summed E-state index contributed by atoms with van der Waals surface area (Å²) in [4.78, 5) is 29.3. The number of unbranched alkanes of at least 4 members (excludes halogenated alkanes) is 1. The van der Waals surface area contributed by atoms with E-state index in [2.05, 4.69) is 0 Å². The van der Waals surface area contributed by atoms with Crippen molar-refractivity contribution in [3.05, 3.63) is 10.1 Å². The van der Waals surface area contributed by atoms with E-state index in [1.807, 2.05) is 6.92 Å². The maximum Gasteiger partial charge on any atom is 0.260 e. The van der Waals surface area contributed by atoms with Gasteiger partial charge in [0.1, 0.15) is 0 Å². The van der Waals surface area contributed by atoms with Gasteiger partial charge in [-0.1, -0.05) is 36.5 Å². The van der Waals surface area contributed by atoms with Crippen LogP contribution in [0.2, 0.25) is 0 Å². The minimum absolute atomic E-state index is 0.241. The van der Waals surface area contributed by atoms with Crippen LogP contribution in [0.3, 0.4) is 0 Å². The number of hydrogen-bond donors (Lipinski definition) is 0. The number of imide groups is 1. The van der Waals surface area contributed by atoms with Gasteiger partial charge in [0.15, 0.2) is 0 Å². The number of ether oxygens (including phenoxy) is 1. The molecule has 5 aliphatic rings. The highest BCUT2D eigenvalue weighted by atomic mass is 35.5. The summed E-state index contributed by atoms with van der Waals surface area (Å²) in [5, 5.41) is 1.62. The van der Waals surface area contributed by atoms with Gasteiger partial charge in [0.25, 0.3) is 11.8 Å². The third kappa shape index (κ3) is 1.84. The summed E-state index contributed by atoms with van der Waals surface area (Å²) in [5.41, 5.74) is 0. The Labute approximate surface area is 170 Å². The summed E-state index contributed by atoms with van der Waals surface area (Å²) in [6.45, 7) is 2.34. The summed E-state index contributed by atoms with van der Waals surface area (Å²) in [7, 11) is 0. The summed E-state index contributed by atoms with van der Waals surface area (Å²) < 4.78 is 6.09. The molecule has 5 rings (SSSR count). The molecule has 4 fully saturated rings. The Balaban J connectivity index is 1.50. The van der Waals surface area contributed by atoms with Crippen molar-refractivity contribution in [2.75, 3.05) is 6.61 Å². The molecule has 2 aliphatic carbocycles. The van der Waals surface area contributed by atoms with Crippen LogP contribution >= 0.6 is 46.4 Å². The van der Waals surface area contributed by atoms with Crippen LogP contribution in [0, 0.1) is 23.7 Å². The van der Waals surface area contributed by atoms with Crippen LogP contribution in [-0.2, 0) is 19.2 Å². The minimum Gasteiger partial charge on any atom is -0.373 e. The van der Waals surface area contributed by atoms with Crippen LogP contribution in [-0.4, -0.2) is 45.4 Å². The molecule has 1 saturated carbocycles. The number of nitrogens with zero attached hydrogens (tertiary/aromatic N) is 1. The van der Waals surface area contributed by atoms with Crippen molar-refractivity contribution in [1.29, 1.82) is 0 Å². The zero-order valence-corrected chi connectivity index (χ0v) is 16.9. The molecule has 0 aromatic rings. The van der Waals surface area contributed by atoms with Gasteiger partial charge >= 0.3 is 0 Å². The van der Waals surface area contributed by atoms with Gasteiger partial charge in [-0.05, 0) is 12.8 Å². The molecule has 0 spiro atoms. The second-order valence-electron chi connectivity index (χ2n) is 7.86. The van der Waals surface area contributed by atoms with Crippen molar-refractivity contribution >= 4 is 58.2 Å². The maximum atomic E-state index is 12.9. The van der Waals surface area contributed by atoms with Crippen LogP contribution in [0.25, 0.3) is 0 Å². The van der Waals surface area contributed by atoms with E-state index in [-0.39, 0.29) is 23.7 Å². The molecular weight excluding hydrogens is 424 g/mol. The molecule has 4 bridgehead atoms. The van der Waals surface area contributed by atoms with E-state index in [0.717, 1.165) is 17.9 Å². The first-order valence-corrected chi connectivity index (χ1v) is 10.4. The molecule has 142 valence electrons. The Bertz CT molecular complexity index is 705. The van der Waals surface area contributed by atoms with Crippen LogP contribution in [0.5, 0.6) is 0 Å². The predicted octanol–water partition coefficient (Wildman–Crippen LogP) is 3.39. The van der Waals surface area contributed by atoms with E-state index < -0.39 is 33.8 Å². The lowest BCUT2D eigenvalue weighted by Crippen LogP contribution is -2.50. The summed E-state index contributed by atoms with van der Waals surface area (Å²) in [5.74, 6) is -2.35. The van der Waals surface area contributed by atoms with Crippen molar-refractivity contribution in [2.45, 2.75) is 48.1 Å². The number of carbonyl (C=O) groups is 2. The second kappa shape index (κ2) is 5.52. The van der Waals surface area contributed by atoms with E-state index in [1.165, 1.54) is 0 Å². The van der Waals surface area contributed by atoms with E-state index in [9.17, 15) is 9.59 Å². The zero-order chi connectivity index (χ0) is 18.6. The minimum atomic E-state index is -0.935. The molecule has 0 unspecified atom stereocenters. The number of carbonyl (C=O) groups excluding carboxylic acids is 2. The normalized spacial score (nSPS) is 51.0. The summed E-state index contributed by atoms with van der Waals surface area (Å²) in [6, 6.07) is 0. The third-order valence-electron chi connectivity index (χ3n) is 6.69. The lowest BCUT2D eigenvalue weighted by atomic mass is 9.65. The molecular formula is C17H17Cl4NO4. The molecule has 0 aromatic carbocycles. The molecule has 0 radical (unpaired) electrons. The fourth-order valence-electron chi connectivity index (χ4n) is 5.69. The topological polar surface area (TPSA) is 55.8 Å². The summed E-state index contributed by atoms with van der Waals surface area (Å²) >= 11 is 26.5. The van der Waals surface area contributed by atoms with Gasteiger partial charge in [0.05, 0.1) is 50.5 Å². The van der Waals surface area contributed by atoms with Crippen molar-refractivity contribution in [3.63, 3.8) is 0 Å². The van der Waals surface area contributed by atoms with Crippen molar-refractivity contribution < 1.29 is 19.2 Å². The molecule has 3 aliphatic heterocycles. The van der Waals surface area contributed by atoms with Crippen LogP contribution in [0.4, 0.5) is 0 Å². The Hall–Kier alpha value is -0.0400. The van der Waals surface area contributed by atoms with Gasteiger partial charge in [0, 0.05) is 11.8 Å². The highest BCUT2D eigenvalue weighted by Crippen LogP contribution is 2.75. The molecule has 9 heteroatoms. The smallest absolute Gasteiger partial charge is 0.260 e. The number of allylic oxidation sites excluding steroid dienone is 2. The number of rotatable bonds is 4. The fraction of sp³-hybridized carbons (Fsp3) is 0.765. The Morgan fingerprint density at radius 3 is 2.04 bits per heavy atom. The molecule has 8 atom stereocenters. The molecule has 2 amide bonds. The van der Waals surface area contributed by atoms with Crippen LogP contribution < -0.4 is 0 Å². The average Bonchev–Trinajstić information content (AvgIpc) is 3.32. The van der Waals surface area contributed by atoms with Crippen molar-refractivity contribution in [3.8, 4) is 0 Å². The SMILES string of the molecule is CCCCON1C(=O)[C@@H]2[C@H]3O[C@@H]([C@@H]2C1=O)[C@H]1[C@@H]3[C@@]2(Cl)C[C@@]1(Cl)C(Cl)=C2Cl. The number of alkyl halides is 2. The van der Waals surface area contributed by atoms with E-state index >= 15 is 0 Å². The molecule has 26 heavy (non-hydrogen) atoms. The lowest BCUT2D eigenvalue weighted by Gasteiger charge is -2.40. The average molecular weight is 441 g/mol. The maximum absolute atomic E-state index is 12.9. The first kappa shape index (κ1) is 18.0. The predicted molar refractivity (Wildman–Crippen MR) is 95.9 cm³/mol. The quantitative estimate of drug-likeness (QED) is 0.382. The largest absolute Gasteiger partial charge is 0.373 e. The third-order valence-corrected chi connectivity index (χ3v) is 9.18. The van der Waals surface area contributed by atoms with Gasteiger partial charge in [0.2, 0.25) is 0 Å². The molecule has 0 N–H and O–H groups in total. The first-order valence-electron chi connectivity index (χ1n) is 8.87. The Kier molecular flexibility index (Phi) is 3.82. The van der Waals surface area contributed by atoms with Crippen LogP contribution in [0.15, 0.2) is 10.1 Å². The fourth-order valence-corrected chi connectivity index (χ4v) is 7.71. The van der Waals surface area contributed by atoms with Gasteiger partial charge in [-0.25, -0.2) is 0 Å². The van der Waals surface area contributed by atoms with Crippen LogP contribution in [0.1, 0.15) is 26.2 Å². The second-order valence-corrected chi connectivity index (χ2v) is 9.96. The van der Waals surface area contributed by atoms with E-state index in [4.69, 9.17) is 56.0 Å². The van der Waals surface area contributed by atoms with E-state index in [0.29, 0.717) is 23.1 Å². The first-order chi connectivity index (χ1) is 12.3. The van der Waals surface area contributed by atoms with Crippen molar-refractivity contribution in [2.24, 2.45) is 23.7 Å². The molecule has 3 heterocycles. The highest BCUT2D eigenvalue weighted by molar-refractivity contribution is 6.51. The lowest BCUT2D eigenvalue weighted by molar-refractivity contribution is -0.192. The number of fused-ring (bicyclic) bond motifs is 12. The van der Waals surface area contributed by atoms with Gasteiger partial charge < -0.3 is 4.74 Å². The molecule has 5 nitrogen and oxygen atoms in total. The number of halogens is 4. The molecule has 3 saturated heterocycles. The Morgan fingerprint density at radius 1 is 1.08 bits per heavy atom. The standard InChI is InChI=1S/C17H17Cl4NO4/c1-2-3-4-25-22-14(23)6-7(15(22)24)11-9-8(10(6)26-11)16(20)5-17(9,21)13(19)12(16)18/h6-11H,2-5H2,1H3/t6-,7+,8-,9+,10+,11-,16-,17-/m0/s1. The molecule has 0 aromatic heterocycles. The Morgan fingerprint density at radius 2 is 1.58 bits per heavy atom. The van der Waals surface area contributed by atoms with E-state index in [1.54, 1.807) is 0 Å². The summed E-state index contributed by atoms with van der Waals surface area (Å²) in [6.07, 6.45) is 1.08. The monoisotopic (exact) mass is 439 g/mol. The van der Waals surface area contributed by atoms with Gasteiger partial charge in [-0.3, -0.25) is 14.4 Å². The number of hydroxylamine groups is 2. The number of amides is 2. The highest BCUT2D eigenvalue weighted by Gasteiger charge is 2.82.